The zero-order valence-electron chi connectivity index (χ0n) is 5.60. The van der Waals surface area contributed by atoms with Gasteiger partial charge in [-0.3, -0.25) is 0 Å². The molecule has 0 atom stereocenters. The van der Waals surface area contributed by atoms with Gasteiger partial charge >= 0.3 is 0 Å². The van der Waals surface area contributed by atoms with E-state index >= 15 is 0 Å². The van der Waals surface area contributed by atoms with Crippen LogP contribution >= 0.6 is 0 Å². The molecule has 54 valence electrons. The zero-order chi connectivity index (χ0) is 6.95. The van der Waals surface area contributed by atoms with Gasteiger partial charge in [-0.15, -0.1) is 6.58 Å². The lowest BCUT2D eigenvalue weighted by Crippen LogP contribution is -2.17. The van der Waals surface area contributed by atoms with Crippen molar-refractivity contribution >= 4 is 0 Å². The van der Waals surface area contributed by atoms with Crippen LogP contribution < -0.4 is 11.2 Å². The number of nitrogens with one attached hydrogen (secondary N) is 1. The molecule has 0 rings (SSSR count). The van der Waals surface area contributed by atoms with Crippen LogP contribution in [0.2, 0.25) is 0 Å². The molecule has 0 unspecified atom stereocenters. The maximum absolute atomic E-state index is 4.80. The molecular weight excluding hydrogens is 116 g/mol. The van der Waals surface area contributed by atoms with E-state index in [1.807, 2.05) is 6.08 Å². The zero-order valence-corrected chi connectivity index (χ0v) is 5.60. The molecule has 0 aromatic rings. The molecule has 0 saturated carbocycles. The SMILES string of the molecule is C=CCNCCCON. The van der Waals surface area contributed by atoms with Gasteiger partial charge in [-0.25, -0.2) is 5.90 Å². The third kappa shape index (κ3) is 7.62. The Morgan fingerprint density at radius 3 is 3.00 bits per heavy atom. The summed E-state index contributed by atoms with van der Waals surface area (Å²) in [4.78, 5) is 4.36. The number of rotatable bonds is 6. The monoisotopic (exact) mass is 130 g/mol. The molecule has 0 fully saturated rings. The molecule has 0 amide bonds. The van der Waals surface area contributed by atoms with Gasteiger partial charge in [0.2, 0.25) is 0 Å². The highest BCUT2D eigenvalue weighted by Crippen LogP contribution is 1.73. The third-order valence-electron chi connectivity index (χ3n) is 0.904. The van der Waals surface area contributed by atoms with E-state index in [1.165, 1.54) is 0 Å². The molecule has 0 spiro atoms. The van der Waals surface area contributed by atoms with Gasteiger partial charge in [-0.2, -0.15) is 0 Å². The van der Waals surface area contributed by atoms with E-state index < -0.39 is 0 Å². The predicted molar refractivity (Wildman–Crippen MR) is 37.8 cm³/mol. The Bertz CT molecular complexity index is 66.1. The summed E-state index contributed by atoms with van der Waals surface area (Å²) in [5.41, 5.74) is 0. The van der Waals surface area contributed by atoms with Crippen molar-refractivity contribution < 1.29 is 4.84 Å². The van der Waals surface area contributed by atoms with Crippen molar-refractivity contribution in [3.05, 3.63) is 12.7 Å². The molecule has 0 saturated heterocycles. The summed E-state index contributed by atoms with van der Waals surface area (Å²) < 4.78 is 0. The number of hydrogen-bond donors (Lipinski definition) is 2. The Labute approximate surface area is 55.8 Å². The van der Waals surface area contributed by atoms with Crippen molar-refractivity contribution in [2.75, 3.05) is 19.7 Å². The first kappa shape index (κ1) is 8.62. The summed E-state index contributed by atoms with van der Waals surface area (Å²) in [5.74, 6) is 4.80. The van der Waals surface area contributed by atoms with E-state index in [-0.39, 0.29) is 0 Å². The molecule has 9 heavy (non-hydrogen) atoms. The summed E-state index contributed by atoms with van der Waals surface area (Å²) >= 11 is 0. The summed E-state index contributed by atoms with van der Waals surface area (Å²) in [6, 6.07) is 0. The first-order chi connectivity index (χ1) is 4.41. The Morgan fingerprint density at radius 2 is 2.44 bits per heavy atom. The minimum Gasteiger partial charge on any atom is -0.313 e. The fourth-order valence-electron chi connectivity index (χ4n) is 0.485. The normalized spacial score (nSPS) is 9.44. The minimum absolute atomic E-state index is 0.615. The fourth-order valence-corrected chi connectivity index (χ4v) is 0.485. The smallest absolute Gasteiger partial charge is 0.0691 e. The molecule has 0 bridgehead atoms. The fraction of sp³-hybridized carbons (Fsp3) is 0.667. The quantitative estimate of drug-likeness (QED) is 0.303. The van der Waals surface area contributed by atoms with E-state index in [0.29, 0.717) is 6.61 Å². The highest BCUT2D eigenvalue weighted by Gasteiger charge is 1.82. The molecule has 0 aliphatic carbocycles. The summed E-state index contributed by atoms with van der Waals surface area (Å²) in [5, 5.41) is 3.12. The van der Waals surface area contributed by atoms with Crippen molar-refractivity contribution in [3.63, 3.8) is 0 Å². The summed E-state index contributed by atoms with van der Waals surface area (Å²) in [7, 11) is 0. The summed E-state index contributed by atoms with van der Waals surface area (Å²) in [6.07, 6.45) is 2.77. The minimum atomic E-state index is 0.615. The highest BCUT2D eigenvalue weighted by atomic mass is 16.6. The van der Waals surface area contributed by atoms with Gasteiger partial charge in [0.1, 0.15) is 0 Å². The second kappa shape index (κ2) is 7.62. The maximum Gasteiger partial charge on any atom is 0.0691 e. The molecule has 0 aliphatic rings. The number of nitrogens with two attached hydrogens (primary N) is 1. The second-order valence-electron chi connectivity index (χ2n) is 1.72. The molecule has 3 heteroatoms. The lowest BCUT2D eigenvalue weighted by molar-refractivity contribution is 0.135. The van der Waals surface area contributed by atoms with Crippen LogP contribution in [0.25, 0.3) is 0 Å². The van der Waals surface area contributed by atoms with Gasteiger partial charge < -0.3 is 10.2 Å². The average molecular weight is 130 g/mol. The molecule has 0 heterocycles. The van der Waals surface area contributed by atoms with Crippen molar-refractivity contribution in [3.8, 4) is 0 Å². The molecule has 0 aromatic heterocycles. The second-order valence-corrected chi connectivity index (χ2v) is 1.72. The Balaban J connectivity index is 2.66. The molecule has 3 N–H and O–H groups in total. The predicted octanol–water partition coefficient (Wildman–Crippen LogP) is 0.0424. The molecule has 3 nitrogen and oxygen atoms in total. The van der Waals surface area contributed by atoms with Crippen LogP contribution in [0.1, 0.15) is 6.42 Å². The summed E-state index contributed by atoms with van der Waals surface area (Å²) in [6.45, 7) is 5.96. The lowest BCUT2D eigenvalue weighted by atomic mass is 10.4. The Hall–Kier alpha value is -0.380. The first-order valence-corrected chi connectivity index (χ1v) is 3.05. The van der Waals surface area contributed by atoms with E-state index in [9.17, 15) is 0 Å². The van der Waals surface area contributed by atoms with Crippen molar-refractivity contribution in [2.24, 2.45) is 5.90 Å². The lowest BCUT2D eigenvalue weighted by Gasteiger charge is -1.98. The topological polar surface area (TPSA) is 47.3 Å². The van der Waals surface area contributed by atoms with Crippen LogP contribution in [0.3, 0.4) is 0 Å². The van der Waals surface area contributed by atoms with E-state index in [0.717, 1.165) is 19.5 Å². The molecular formula is C6H14N2O. The van der Waals surface area contributed by atoms with Gasteiger partial charge in [0.25, 0.3) is 0 Å². The van der Waals surface area contributed by atoms with Gasteiger partial charge in [0.05, 0.1) is 6.61 Å². The standard InChI is InChI=1S/C6H14N2O/c1-2-4-8-5-3-6-9-7/h2,8H,1,3-7H2. The van der Waals surface area contributed by atoms with Crippen LogP contribution in [0.15, 0.2) is 12.7 Å². The van der Waals surface area contributed by atoms with Gasteiger partial charge in [0.15, 0.2) is 0 Å². The molecule has 0 radical (unpaired) electrons. The van der Waals surface area contributed by atoms with Crippen LogP contribution in [0.4, 0.5) is 0 Å². The Morgan fingerprint density at radius 1 is 1.67 bits per heavy atom. The van der Waals surface area contributed by atoms with Crippen molar-refractivity contribution in [1.29, 1.82) is 0 Å². The first-order valence-electron chi connectivity index (χ1n) is 3.05. The largest absolute Gasteiger partial charge is 0.313 e. The molecule has 0 aliphatic heterocycles. The van der Waals surface area contributed by atoms with Crippen LogP contribution in [-0.2, 0) is 4.84 Å². The third-order valence-corrected chi connectivity index (χ3v) is 0.904. The Kier molecular flexibility index (Phi) is 7.30. The highest BCUT2D eigenvalue weighted by molar-refractivity contribution is 4.68. The van der Waals surface area contributed by atoms with Crippen LogP contribution in [0.5, 0.6) is 0 Å². The average Bonchev–Trinajstić information content (AvgIpc) is 1.89. The van der Waals surface area contributed by atoms with Gasteiger partial charge in [-0.1, -0.05) is 6.08 Å². The van der Waals surface area contributed by atoms with Gasteiger partial charge in [0, 0.05) is 6.54 Å². The molecule has 0 aromatic carbocycles. The van der Waals surface area contributed by atoms with E-state index in [1.54, 1.807) is 0 Å². The van der Waals surface area contributed by atoms with E-state index in [4.69, 9.17) is 5.90 Å². The van der Waals surface area contributed by atoms with Crippen LogP contribution in [-0.4, -0.2) is 19.7 Å². The van der Waals surface area contributed by atoms with Crippen LogP contribution in [0, 0.1) is 0 Å². The van der Waals surface area contributed by atoms with Crippen molar-refractivity contribution in [2.45, 2.75) is 6.42 Å². The maximum atomic E-state index is 4.80. The van der Waals surface area contributed by atoms with Gasteiger partial charge in [-0.05, 0) is 13.0 Å². The number of hydrogen-bond acceptors (Lipinski definition) is 3. The van der Waals surface area contributed by atoms with E-state index in [2.05, 4.69) is 16.7 Å². The van der Waals surface area contributed by atoms with Crippen molar-refractivity contribution in [1.82, 2.24) is 5.32 Å².